The summed E-state index contributed by atoms with van der Waals surface area (Å²) in [5.41, 5.74) is 3.16. The summed E-state index contributed by atoms with van der Waals surface area (Å²) in [4.78, 5) is 0. The highest BCUT2D eigenvalue weighted by Crippen LogP contribution is 2.17. The van der Waals surface area contributed by atoms with Crippen molar-refractivity contribution >= 4 is 0 Å². The highest BCUT2D eigenvalue weighted by molar-refractivity contribution is 5.28. The van der Waals surface area contributed by atoms with Crippen LogP contribution in [0.1, 0.15) is 29.7 Å². The molecule has 0 radical (unpaired) electrons. The molecule has 0 saturated carbocycles. The first-order valence-corrected chi connectivity index (χ1v) is 6.31. The summed E-state index contributed by atoms with van der Waals surface area (Å²) in [6.45, 7) is 4.62. The van der Waals surface area contributed by atoms with Crippen molar-refractivity contribution in [3.8, 4) is 0 Å². The zero-order valence-electron chi connectivity index (χ0n) is 11.1. The normalized spacial score (nSPS) is 12.4. The molecule has 3 heteroatoms. The van der Waals surface area contributed by atoms with E-state index in [1.807, 2.05) is 12.1 Å². The highest BCUT2D eigenvalue weighted by atomic mass is 19.2. The smallest absolute Gasteiger partial charge is 0.159 e. The Kier molecular flexibility index (Phi) is 4.27. The van der Waals surface area contributed by atoms with Crippen LogP contribution < -0.4 is 5.32 Å². The molecule has 2 rings (SSSR count). The Morgan fingerprint density at radius 1 is 1.05 bits per heavy atom. The van der Waals surface area contributed by atoms with Crippen LogP contribution in [-0.4, -0.2) is 0 Å². The summed E-state index contributed by atoms with van der Waals surface area (Å²) in [6.07, 6.45) is 0. The summed E-state index contributed by atoms with van der Waals surface area (Å²) in [5.74, 6) is -1.61. The Bertz CT molecular complexity index is 566. The fourth-order valence-electron chi connectivity index (χ4n) is 2.10. The van der Waals surface area contributed by atoms with E-state index in [1.165, 1.54) is 17.2 Å². The summed E-state index contributed by atoms with van der Waals surface area (Å²) >= 11 is 0. The van der Waals surface area contributed by atoms with Gasteiger partial charge in [-0.15, -0.1) is 0 Å². The first kappa shape index (κ1) is 13.7. The van der Waals surface area contributed by atoms with Crippen LogP contribution in [0.5, 0.6) is 0 Å². The van der Waals surface area contributed by atoms with Crippen LogP contribution in [-0.2, 0) is 6.54 Å². The minimum Gasteiger partial charge on any atom is -0.306 e. The van der Waals surface area contributed by atoms with Gasteiger partial charge in [0, 0.05) is 12.6 Å². The van der Waals surface area contributed by atoms with Crippen LogP contribution >= 0.6 is 0 Å². The van der Waals surface area contributed by atoms with Crippen molar-refractivity contribution in [3.63, 3.8) is 0 Å². The van der Waals surface area contributed by atoms with Gasteiger partial charge in [0.15, 0.2) is 11.6 Å². The molecule has 2 aromatic carbocycles. The fourth-order valence-corrected chi connectivity index (χ4v) is 2.10. The minimum absolute atomic E-state index is 0.161. The van der Waals surface area contributed by atoms with Crippen molar-refractivity contribution in [2.45, 2.75) is 26.4 Å². The number of nitrogens with one attached hydrogen (secondary N) is 1. The van der Waals surface area contributed by atoms with E-state index in [0.717, 1.165) is 11.6 Å². The molecule has 100 valence electrons. The topological polar surface area (TPSA) is 12.0 Å². The van der Waals surface area contributed by atoms with Gasteiger partial charge in [-0.3, -0.25) is 0 Å². The van der Waals surface area contributed by atoms with Gasteiger partial charge in [0.2, 0.25) is 0 Å². The second kappa shape index (κ2) is 5.93. The van der Waals surface area contributed by atoms with E-state index in [1.54, 1.807) is 6.07 Å². The number of hydrogen-bond donors (Lipinski definition) is 1. The number of benzene rings is 2. The maximum Gasteiger partial charge on any atom is 0.159 e. The molecule has 0 aliphatic rings. The van der Waals surface area contributed by atoms with Crippen LogP contribution in [0, 0.1) is 18.6 Å². The predicted octanol–water partition coefficient (Wildman–Crippen LogP) is 4.12. The number of halogens is 2. The molecule has 0 aliphatic carbocycles. The second-order valence-electron chi connectivity index (χ2n) is 4.71. The van der Waals surface area contributed by atoms with Gasteiger partial charge in [0.05, 0.1) is 0 Å². The van der Waals surface area contributed by atoms with Crippen LogP contribution in [0.4, 0.5) is 8.78 Å². The molecule has 0 amide bonds. The van der Waals surface area contributed by atoms with Crippen LogP contribution in [0.15, 0.2) is 42.5 Å². The Balaban J connectivity index is 2.02. The molecule has 0 unspecified atom stereocenters. The third-order valence-corrected chi connectivity index (χ3v) is 3.25. The lowest BCUT2D eigenvalue weighted by Gasteiger charge is -2.16. The quantitative estimate of drug-likeness (QED) is 0.872. The van der Waals surface area contributed by atoms with Crippen LogP contribution in [0.3, 0.4) is 0 Å². The van der Waals surface area contributed by atoms with Gasteiger partial charge in [-0.05, 0) is 42.7 Å². The molecule has 0 aromatic heterocycles. The predicted molar refractivity (Wildman–Crippen MR) is 72.8 cm³/mol. The van der Waals surface area contributed by atoms with E-state index in [-0.39, 0.29) is 6.04 Å². The van der Waals surface area contributed by atoms with Crippen molar-refractivity contribution in [1.82, 2.24) is 5.32 Å². The maximum absolute atomic E-state index is 13.1. The van der Waals surface area contributed by atoms with Crippen LogP contribution in [0.2, 0.25) is 0 Å². The lowest BCUT2D eigenvalue weighted by atomic mass is 10.0. The monoisotopic (exact) mass is 261 g/mol. The summed E-state index contributed by atoms with van der Waals surface area (Å²) in [7, 11) is 0. The van der Waals surface area contributed by atoms with Gasteiger partial charge in [-0.1, -0.05) is 30.3 Å². The van der Waals surface area contributed by atoms with Gasteiger partial charge >= 0.3 is 0 Å². The molecule has 19 heavy (non-hydrogen) atoms. The molecule has 0 fully saturated rings. The van der Waals surface area contributed by atoms with E-state index in [0.29, 0.717) is 6.54 Å². The average Bonchev–Trinajstić information content (AvgIpc) is 2.40. The van der Waals surface area contributed by atoms with E-state index in [4.69, 9.17) is 0 Å². The van der Waals surface area contributed by atoms with E-state index in [9.17, 15) is 8.78 Å². The van der Waals surface area contributed by atoms with Crippen molar-refractivity contribution in [1.29, 1.82) is 0 Å². The lowest BCUT2D eigenvalue weighted by molar-refractivity contribution is 0.503. The number of aryl methyl sites for hydroxylation is 1. The molecular weight excluding hydrogens is 244 g/mol. The third-order valence-electron chi connectivity index (χ3n) is 3.25. The zero-order chi connectivity index (χ0) is 13.8. The van der Waals surface area contributed by atoms with Gasteiger partial charge in [-0.2, -0.15) is 0 Å². The van der Waals surface area contributed by atoms with Gasteiger partial charge in [0.1, 0.15) is 0 Å². The molecule has 1 atom stereocenters. The largest absolute Gasteiger partial charge is 0.306 e. The maximum atomic E-state index is 13.1. The molecule has 1 N–H and O–H groups in total. The zero-order valence-corrected chi connectivity index (χ0v) is 11.1. The first-order chi connectivity index (χ1) is 9.08. The SMILES string of the molecule is Cc1ccccc1[C@H](C)NCc1ccc(F)c(F)c1. The number of hydrogen-bond acceptors (Lipinski definition) is 1. The van der Waals surface area contributed by atoms with Gasteiger partial charge < -0.3 is 5.32 Å². The molecule has 2 aromatic rings. The Hall–Kier alpha value is -1.74. The van der Waals surface area contributed by atoms with Crippen molar-refractivity contribution in [2.24, 2.45) is 0 Å². The summed E-state index contributed by atoms with van der Waals surface area (Å²) < 4.78 is 25.9. The van der Waals surface area contributed by atoms with E-state index >= 15 is 0 Å². The minimum atomic E-state index is -0.810. The molecular formula is C16H17F2N. The Labute approximate surface area is 112 Å². The summed E-state index contributed by atoms with van der Waals surface area (Å²) in [5, 5.41) is 3.31. The summed E-state index contributed by atoms with van der Waals surface area (Å²) in [6, 6.07) is 12.3. The lowest BCUT2D eigenvalue weighted by Crippen LogP contribution is -2.19. The van der Waals surface area contributed by atoms with Crippen LogP contribution in [0.25, 0.3) is 0 Å². The van der Waals surface area contributed by atoms with Crippen molar-refractivity contribution in [2.75, 3.05) is 0 Å². The number of rotatable bonds is 4. The van der Waals surface area contributed by atoms with Crippen molar-refractivity contribution in [3.05, 3.63) is 70.8 Å². The fraction of sp³-hybridized carbons (Fsp3) is 0.250. The molecule has 0 spiro atoms. The molecule has 0 bridgehead atoms. The third kappa shape index (κ3) is 3.38. The van der Waals surface area contributed by atoms with Gasteiger partial charge in [-0.25, -0.2) is 8.78 Å². The molecule has 0 saturated heterocycles. The first-order valence-electron chi connectivity index (χ1n) is 6.31. The van der Waals surface area contributed by atoms with Crippen molar-refractivity contribution < 1.29 is 8.78 Å². The highest BCUT2D eigenvalue weighted by Gasteiger charge is 2.08. The standard InChI is InChI=1S/C16H17F2N/c1-11-5-3-4-6-14(11)12(2)19-10-13-7-8-15(17)16(18)9-13/h3-9,12,19H,10H2,1-2H3/t12-/m0/s1. The van der Waals surface area contributed by atoms with E-state index in [2.05, 4.69) is 31.3 Å². The van der Waals surface area contributed by atoms with E-state index < -0.39 is 11.6 Å². The van der Waals surface area contributed by atoms with Gasteiger partial charge in [0.25, 0.3) is 0 Å². The molecule has 0 heterocycles. The Morgan fingerprint density at radius 2 is 1.79 bits per heavy atom. The molecule has 1 nitrogen and oxygen atoms in total. The molecule has 0 aliphatic heterocycles. The average molecular weight is 261 g/mol. The Morgan fingerprint density at radius 3 is 2.47 bits per heavy atom. The second-order valence-corrected chi connectivity index (χ2v) is 4.71.